The molecule has 2 nitrogen and oxygen atoms in total. The van der Waals surface area contributed by atoms with Crippen molar-refractivity contribution in [2.24, 2.45) is 0 Å². The van der Waals surface area contributed by atoms with E-state index < -0.39 is 5.79 Å². The summed E-state index contributed by atoms with van der Waals surface area (Å²) in [5, 5.41) is 0. The minimum atomic E-state index is -0.486. The SMILES string of the molecule is CCCCC1(OC)CC(c2ccccc2)(c2ccccc2)CCO1. The van der Waals surface area contributed by atoms with E-state index in [0.29, 0.717) is 0 Å². The highest BCUT2D eigenvalue weighted by Crippen LogP contribution is 2.48. The van der Waals surface area contributed by atoms with Gasteiger partial charge in [-0.15, -0.1) is 0 Å². The first kappa shape index (κ1) is 17.2. The molecule has 2 heteroatoms. The van der Waals surface area contributed by atoms with Gasteiger partial charge in [0.2, 0.25) is 0 Å². The lowest BCUT2D eigenvalue weighted by atomic mass is 9.66. The van der Waals surface area contributed by atoms with Crippen LogP contribution in [0, 0.1) is 0 Å². The molecule has 1 fully saturated rings. The molecular weight excluding hydrogens is 296 g/mol. The Morgan fingerprint density at radius 2 is 1.54 bits per heavy atom. The van der Waals surface area contributed by atoms with Gasteiger partial charge in [-0.2, -0.15) is 0 Å². The van der Waals surface area contributed by atoms with Gasteiger partial charge in [-0.05, 0) is 24.0 Å². The van der Waals surface area contributed by atoms with E-state index in [1.165, 1.54) is 11.1 Å². The molecule has 0 N–H and O–H groups in total. The fourth-order valence-corrected chi connectivity index (χ4v) is 4.02. The number of rotatable bonds is 6. The lowest BCUT2D eigenvalue weighted by Crippen LogP contribution is -2.49. The molecule has 0 bridgehead atoms. The van der Waals surface area contributed by atoms with Crippen LogP contribution in [-0.4, -0.2) is 19.5 Å². The fraction of sp³-hybridized carbons (Fsp3) is 0.455. The normalized spacial score (nSPS) is 23.1. The van der Waals surface area contributed by atoms with Crippen molar-refractivity contribution in [3.8, 4) is 0 Å². The van der Waals surface area contributed by atoms with Crippen molar-refractivity contribution in [2.45, 2.75) is 50.2 Å². The largest absolute Gasteiger partial charge is 0.353 e. The third-order valence-corrected chi connectivity index (χ3v) is 5.40. The summed E-state index contributed by atoms with van der Waals surface area (Å²) in [6.07, 6.45) is 5.07. The monoisotopic (exact) mass is 324 g/mol. The standard InChI is InChI=1S/C22H28O2/c1-3-4-15-22(23-2)18-21(16-17-24-22,19-11-7-5-8-12-19)20-13-9-6-10-14-20/h5-14H,3-4,15-18H2,1-2H3. The van der Waals surface area contributed by atoms with Crippen LogP contribution in [0.25, 0.3) is 0 Å². The van der Waals surface area contributed by atoms with Gasteiger partial charge in [0.15, 0.2) is 5.79 Å². The highest BCUT2D eigenvalue weighted by Gasteiger charge is 2.47. The van der Waals surface area contributed by atoms with Gasteiger partial charge in [-0.25, -0.2) is 0 Å². The lowest BCUT2D eigenvalue weighted by molar-refractivity contribution is -0.257. The minimum absolute atomic E-state index is 0.0511. The molecular formula is C22H28O2. The Bertz CT molecular complexity index is 583. The van der Waals surface area contributed by atoms with Gasteiger partial charge in [0.05, 0.1) is 6.61 Å². The minimum Gasteiger partial charge on any atom is -0.353 e. The zero-order valence-corrected chi connectivity index (χ0v) is 14.8. The average molecular weight is 324 g/mol. The first-order valence-corrected chi connectivity index (χ1v) is 9.05. The molecule has 0 saturated carbocycles. The van der Waals surface area contributed by atoms with E-state index in [1.54, 1.807) is 7.11 Å². The number of unbranched alkanes of at least 4 members (excludes halogenated alkanes) is 1. The van der Waals surface area contributed by atoms with Crippen molar-refractivity contribution in [3.63, 3.8) is 0 Å². The van der Waals surface area contributed by atoms with Crippen LogP contribution >= 0.6 is 0 Å². The predicted octanol–water partition coefficient (Wildman–Crippen LogP) is 5.32. The summed E-state index contributed by atoms with van der Waals surface area (Å²) in [4.78, 5) is 0. The molecule has 0 spiro atoms. The van der Waals surface area contributed by atoms with Crippen molar-refractivity contribution < 1.29 is 9.47 Å². The van der Waals surface area contributed by atoms with Gasteiger partial charge in [0.1, 0.15) is 0 Å². The summed E-state index contributed by atoms with van der Waals surface area (Å²) in [7, 11) is 1.79. The molecule has 1 aliphatic rings. The molecule has 128 valence electrons. The molecule has 0 amide bonds. The summed E-state index contributed by atoms with van der Waals surface area (Å²) in [6, 6.07) is 21.7. The van der Waals surface area contributed by atoms with Crippen LogP contribution in [0.15, 0.2) is 60.7 Å². The Labute approximate surface area is 145 Å². The fourth-order valence-electron chi connectivity index (χ4n) is 4.02. The molecule has 3 rings (SSSR count). The third-order valence-electron chi connectivity index (χ3n) is 5.40. The number of benzene rings is 2. The second-order valence-electron chi connectivity index (χ2n) is 6.81. The number of hydrogen-bond donors (Lipinski definition) is 0. The highest BCUT2D eigenvalue weighted by molar-refractivity contribution is 5.40. The van der Waals surface area contributed by atoms with Gasteiger partial charge >= 0.3 is 0 Å². The topological polar surface area (TPSA) is 18.5 Å². The van der Waals surface area contributed by atoms with Gasteiger partial charge in [-0.3, -0.25) is 0 Å². The molecule has 0 aliphatic carbocycles. The van der Waals surface area contributed by atoms with E-state index in [4.69, 9.17) is 9.47 Å². The maximum absolute atomic E-state index is 6.19. The maximum atomic E-state index is 6.19. The van der Waals surface area contributed by atoms with Crippen LogP contribution in [0.3, 0.4) is 0 Å². The van der Waals surface area contributed by atoms with E-state index in [1.807, 2.05) is 0 Å². The molecule has 1 atom stereocenters. The van der Waals surface area contributed by atoms with Crippen molar-refractivity contribution in [3.05, 3.63) is 71.8 Å². The van der Waals surface area contributed by atoms with E-state index in [0.717, 1.165) is 38.7 Å². The van der Waals surface area contributed by atoms with E-state index in [9.17, 15) is 0 Å². The Balaban J connectivity index is 2.05. The Kier molecular flexibility index (Phi) is 5.37. The van der Waals surface area contributed by atoms with Gasteiger partial charge < -0.3 is 9.47 Å². The van der Waals surface area contributed by atoms with Crippen molar-refractivity contribution in [1.29, 1.82) is 0 Å². The van der Waals surface area contributed by atoms with Crippen LogP contribution < -0.4 is 0 Å². The summed E-state index contributed by atoms with van der Waals surface area (Å²) >= 11 is 0. The quantitative estimate of drug-likeness (QED) is 0.716. The molecule has 2 aromatic rings. The molecule has 1 heterocycles. The molecule has 1 aliphatic heterocycles. The number of hydrogen-bond acceptors (Lipinski definition) is 2. The van der Waals surface area contributed by atoms with Crippen LogP contribution in [-0.2, 0) is 14.9 Å². The van der Waals surface area contributed by atoms with Gasteiger partial charge in [0, 0.05) is 25.4 Å². The first-order chi connectivity index (χ1) is 11.7. The van der Waals surface area contributed by atoms with Crippen LogP contribution in [0.1, 0.15) is 50.2 Å². The van der Waals surface area contributed by atoms with Crippen molar-refractivity contribution in [2.75, 3.05) is 13.7 Å². The van der Waals surface area contributed by atoms with E-state index in [-0.39, 0.29) is 5.41 Å². The second-order valence-corrected chi connectivity index (χ2v) is 6.81. The first-order valence-electron chi connectivity index (χ1n) is 9.05. The molecule has 2 aromatic carbocycles. The second kappa shape index (κ2) is 7.50. The van der Waals surface area contributed by atoms with Gasteiger partial charge in [0.25, 0.3) is 0 Å². The molecule has 24 heavy (non-hydrogen) atoms. The molecule has 1 saturated heterocycles. The van der Waals surface area contributed by atoms with Crippen molar-refractivity contribution >= 4 is 0 Å². The maximum Gasteiger partial charge on any atom is 0.169 e. The summed E-state index contributed by atoms with van der Waals surface area (Å²) < 4.78 is 12.1. The van der Waals surface area contributed by atoms with Crippen molar-refractivity contribution in [1.82, 2.24) is 0 Å². The highest BCUT2D eigenvalue weighted by atomic mass is 16.7. The van der Waals surface area contributed by atoms with Crippen LogP contribution in [0.2, 0.25) is 0 Å². The smallest absolute Gasteiger partial charge is 0.169 e. The zero-order chi connectivity index (χ0) is 16.9. The summed E-state index contributed by atoms with van der Waals surface area (Å²) in [6.45, 7) is 2.94. The number of ether oxygens (including phenoxy) is 2. The Morgan fingerprint density at radius 1 is 0.958 bits per heavy atom. The lowest BCUT2D eigenvalue weighted by Gasteiger charge is -2.48. The van der Waals surface area contributed by atoms with E-state index >= 15 is 0 Å². The average Bonchev–Trinajstić information content (AvgIpc) is 2.68. The molecule has 1 unspecified atom stereocenters. The van der Waals surface area contributed by atoms with Crippen LogP contribution in [0.5, 0.6) is 0 Å². The zero-order valence-electron chi connectivity index (χ0n) is 14.8. The number of methoxy groups -OCH3 is 1. The Morgan fingerprint density at radius 3 is 2.04 bits per heavy atom. The van der Waals surface area contributed by atoms with Gasteiger partial charge in [-0.1, -0.05) is 74.0 Å². The predicted molar refractivity (Wildman–Crippen MR) is 98.1 cm³/mol. The molecule has 0 aromatic heterocycles. The summed E-state index contributed by atoms with van der Waals surface area (Å²) in [5.74, 6) is -0.486. The van der Waals surface area contributed by atoms with E-state index in [2.05, 4.69) is 67.6 Å². The third kappa shape index (κ3) is 3.26. The summed E-state index contributed by atoms with van der Waals surface area (Å²) in [5.41, 5.74) is 2.67. The Hall–Kier alpha value is -1.64. The van der Waals surface area contributed by atoms with Crippen LogP contribution in [0.4, 0.5) is 0 Å². The molecule has 0 radical (unpaired) electrons.